The van der Waals surface area contributed by atoms with E-state index in [1.165, 1.54) is 0 Å². The lowest BCUT2D eigenvalue weighted by atomic mass is 10.2. The van der Waals surface area contributed by atoms with Crippen LogP contribution in [-0.4, -0.2) is 49.3 Å². The molecule has 0 spiro atoms. The van der Waals surface area contributed by atoms with Gasteiger partial charge in [0.15, 0.2) is 0 Å². The molecule has 2 heterocycles. The minimum atomic E-state index is 0.240. The minimum Gasteiger partial charge on any atom is -0.374 e. The van der Waals surface area contributed by atoms with Crippen molar-refractivity contribution in [3.8, 4) is 0 Å². The van der Waals surface area contributed by atoms with Gasteiger partial charge in [-0.05, 0) is 41.5 Å². The Kier molecular flexibility index (Phi) is 4.36. The Morgan fingerprint density at radius 1 is 1.65 bits per heavy atom. The van der Waals surface area contributed by atoms with Crippen molar-refractivity contribution < 1.29 is 4.74 Å². The van der Waals surface area contributed by atoms with Crippen molar-refractivity contribution >= 4 is 21.7 Å². The first-order valence-electron chi connectivity index (χ1n) is 5.81. The highest BCUT2D eigenvalue weighted by molar-refractivity contribution is 9.10. The van der Waals surface area contributed by atoms with Gasteiger partial charge in [-0.3, -0.25) is 0 Å². The number of likely N-dealkylation sites (N-methyl/N-ethyl adjacent to an activating group) is 1. The van der Waals surface area contributed by atoms with Gasteiger partial charge in [0.2, 0.25) is 0 Å². The molecule has 5 heteroatoms. The van der Waals surface area contributed by atoms with Crippen molar-refractivity contribution in [3.05, 3.63) is 22.3 Å². The summed E-state index contributed by atoms with van der Waals surface area (Å²) in [4.78, 5) is 6.64. The summed E-state index contributed by atoms with van der Waals surface area (Å²) in [5.41, 5.74) is 1.15. The van der Waals surface area contributed by atoms with E-state index in [1.54, 1.807) is 0 Å². The van der Waals surface area contributed by atoms with E-state index < -0.39 is 0 Å². The van der Waals surface area contributed by atoms with Crippen LogP contribution >= 0.6 is 15.9 Å². The molecule has 0 aromatic carbocycles. The SMILES string of the molecule is Cc1cnc(NCC2CN(C)CCO2)c(Br)c1. The number of nitrogens with zero attached hydrogens (tertiary/aromatic N) is 2. The van der Waals surface area contributed by atoms with E-state index in [-0.39, 0.29) is 6.10 Å². The summed E-state index contributed by atoms with van der Waals surface area (Å²) in [6.45, 7) is 5.62. The van der Waals surface area contributed by atoms with Gasteiger partial charge in [-0.15, -0.1) is 0 Å². The number of hydrogen-bond donors (Lipinski definition) is 1. The van der Waals surface area contributed by atoms with Gasteiger partial charge >= 0.3 is 0 Å². The summed E-state index contributed by atoms with van der Waals surface area (Å²) in [6, 6.07) is 2.06. The Morgan fingerprint density at radius 2 is 2.47 bits per heavy atom. The van der Waals surface area contributed by atoms with Crippen LogP contribution in [0.2, 0.25) is 0 Å². The molecule has 1 N–H and O–H groups in total. The summed E-state index contributed by atoms with van der Waals surface area (Å²) in [5.74, 6) is 0.882. The molecule has 0 aliphatic carbocycles. The van der Waals surface area contributed by atoms with Crippen LogP contribution in [0.25, 0.3) is 0 Å². The Balaban J connectivity index is 1.88. The summed E-state index contributed by atoms with van der Waals surface area (Å²) in [7, 11) is 2.12. The highest BCUT2D eigenvalue weighted by Gasteiger charge is 2.17. The highest BCUT2D eigenvalue weighted by Crippen LogP contribution is 2.20. The molecular weight excluding hydrogens is 282 g/mol. The molecular formula is C12H18BrN3O. The molecule has 94 valence electrons. The van der Waals surface area contributed by atoms with Gasteiger partial charge in [-0.25, -0.2) is 4.98 Å². The zero-order chi connectivity index (χ0) is 12.3. The number of pyridine rings is 1. The van der Waals surface area contributed by atoms with Crippen molar-refractivity contribution in [1.82, 2.24) is 9.88 Å². The van der Waals surface area contributed by atoms with Crippen molar-refractivity contribution in [2.24, 2.45) is 0 Å². The number of aryl methyl sites for hydroxylation is 1. The predicted molar refractivity (Wildman–Crippen MR) is 72.4 cm³/mol. The molecule has 1 saturated heterocycles. The van der Waals surface area contributed by atoms with Crippen molar-refractivity contribution in [2.45, 2.75) is 13.0 Å². The van der Waals surface area contributed by atoms with E-state index in [0.29, 0.717) is 0 Å². The number of hydrogen-bond acceptors (Lipinski definition) is 4. The molecule has 1 atom stereocenters. The second-order valence-electron chi connectivity index (χ2n) is 4.48. The Labute approximate surface area is 110 Å². The zero-order valence-corrected chi connectivity index (χ0v) is 11.8. The lowest BCUT2D eigenvalue weighted by Gasteiger charge is -2.30. The summed E-state index contributed by atoms with van der Waals surface area (Å²) < 4.78 is 6.69. The number of ether oxygens (including phenoxy) is 1. The van der Waals surface area contributed by atoms with E-state index >= 15 is 0 Å². The first-order valence-corrected chi connectivity index (χ1v) is 6.60. The van der Waals surface area contributed by atoms with Crippen LogP contribution in [0, 0.1) is 6.92 Å². The van der Waals surface area contributed by atoms with Crippen LogP contribution in [0.1, 0.15) is 5.56 Å². The van der Waals surface area contributed by atoms with Gasteiger partial charge in [0, 0.05) is 25.8 Å². The highest BCUT2D eigenvalue weighted by atomic mass is 79.9. The third-order valence-electron chi connectivity index (χ3n) is 2.82. The second-order valence-corrected chi connectivity index (χ2v) is 5.33. The Morgan fingerprint density at radius 3 is 3.18 bits per heavy atom. The standard InChI is InChI=1S/C12H18BrN3O/c1-9-5-11(13)12(14-6-9)15-7-10-8-16(2)3-4-17-10/h5-6,10H,3-4,7-8H2,1-2H3,(H,14,15). The average molecular weight is 300 g/mol. The lowest BCUT2D eigenvalue weighted by molar-refractivity contribution is -0.0117. The average Bonchev–Trinajstić information content (AvgIpc) is 2.28. The molecule has 0 bridgehead atoms. The Bertz CT molecular complexity index is 386. The fourth-order valence-corrected chi connectivity index (χ4v) is 2.47. The molecule has 1 aromatic heterocycles. The molecule has 1 fully saturated rings. The number of anilines is 1. The Hall–Kier alpha value is -0.650. The molecule has 2 rings (SSSR count). The van der Waals surface area contributed by atoms with Crippen LogP contribution in [0.15, 0.2) is 16.7 Å². The largest absolute Gasteiger partial charge is 0.374 e. The van der Waals surface area contributed by atoms with Gasteiger partial charge in [0.25, 0.3) is 0 Å². The van der Waals surface area contributed by atoms with Crippen LogP contribution in [0.4, 0.5) is 5.82 Å². The van der Waals surface area contributed by atoms with E-state index in [0.717, 1.165) is 42.1 Å². The van der Waals surface area contributed by atoms with Gasteiger partial charge < -0.3 is 15.0 Å². The van der Waals surface area contributed by atoms with Gasteiger partial charge in [-0.1, -0.05) is 0 Å². The topological polar surface area (TPSA) is 37.4 Å². The third kappa shape index (κ3) is 3.66. The minimum absolute atomic E-state index is 0.240. The zero-order valence-electron chi connectivity index (χ0n) is 10.2. The first kappa shape index (κ1) is 12.8. The van der Waals surface area contributed by atoms with Gasteiger partial charge in [0.05, 0.1) is 17.2 Å². The number of halogens is 1. The summed E-state index contributed by atoms with van der Waals surface area (Å²) in [5, 5.41) is 3.32. The van der Waals surface area contributed by atoms with Gasteiger partial charge in [-0.2, -0.15) is 0 Å². The monoisotopic (exact) mass is 299 g/mol. The summed E-state index contributed by atoms with van der Waals surface area (Å²) in [6.07, 6.45) is 2.10. The second kappa shape index (κ2) is 5.80. The van der Waals surface area contributed by atoms with E-state index in [2.05, 4.69) is 44.2 Å². The van der Waals surface area contributed by atoms with Crippen molar-refractivity contribution in [3.63, 3.8) is 0 Å². The maximum Gasteiger partial charge on any atom is 0.140 e. The van der Waals surface area contributed by atoms with Crippen LogP contribution < -0.4 is 5.32 Å². The first-order chi connectivity index (χ1) is 8.15. The van der Waals surface area contributed by atoms with E-state index in [1.807, 2.05) is 13.1 Å². The maximum atomic E-state index is 5.69. The molecule has 0 amide bonds. The van der Waals surface area contributed by atoms with Crippen molar-refractivity contribution in [1.29, 1.82) is 0 Å². The van der Waals surface area contributed by atoms with Gasteiger partial charge in [0.1, 0.15) is 5.82 Å². The third-order valence-corrected chi connectivity index (χ3v) is 3.42. The molecule has 0 radical (unpaired) electrons. The molecule has 1 aliphatic rings. The smallest absolute Gasteiger partial charge is 0.140 e. The number of morpholine rings is 1. The molecule has 4 nitrogen and oxygen atoms in total. The molecule has 1 aromatic rings. The van der Waals surface area contributed by atoms with Crippen LogP contribution in [0.3, 0.4) is 0 Å². The number of aromatic nitrogens is 1. The molecule has 0 saturated carbocycles. The predicted octanol–water partition coefficient (Wildman–Crippen LogP) is 1.90. The normalized spacial score (nSPS) is 21.5. The number of nitrogens with one attached hydrogen (secondary N) is 1. The van der Waals surface area contributed by atoms with Crippen LogP contribution in [0.5, 0.6) is 0 Å². The molecule has 1 unspecified atom stereocenters. The quantitative estimate of drug-likeness (QED) is 0.925. The summed E-state index contributed by atoms with van der Waals surface area (Å²) >= 11 is 3.51. The fraction of sp³-hybridized carbons (Fsp3) is 0.583. The molecule has 1 aliphatic heterocycles. The maximum absolute atomic E-state index is 5.69. The van der Waals surface area contributed by atoms with E-state index in [4.69, 9.17) is 4.74 Å². The van der Waals surface area contributed by atoms with E-state index in [9.17, 15) is 0 Å². The van der Waals surface area contributed by atoms with Crippen LogP contribution in [-0.2, 0) is 4.74 Å². The van der Waals surface area contributed by atoms with Crippen molar-refractivity contribution in [2.75, 3.05) is 38.6 Å². The number of rotatable bonds is 3. The fourth-order valence-electron chi connectivity index (χ4n) is 1.86. The lowest BCUT2D eigenvalue weighted by Crippen LogP contribution is -2.43. The molecule has 17 heavy (non-hydrogen) atoms.